The molecule has 8 nitrogen and oxygen atoms in total. The molecule has 0 radical (unpaired) electrons. The number of nitrogens with zero attached hydrogens (tertiary/aromatic N) is 3. The van der Waals surface area contributed by atoms with E-state index < -0.39 is 38.2 Å². The van der Waals surface area contributed by atoms with Crippen molar-refractivity contribution in [1.82, 2.24) is 9.88 Å². The fourth-order valence-corrected chi connectivity index (χ4v) is 3.58. The van der Waals surface area contributed by atoms with Gasteiger partial charge in [-0.2, -0.15) is 13.2 Å². The van der Waals surface area contributed by atoms with Crippen LogP contribution < -0.4 is 10.6 Å². The molecule has 3 amide bonds. The maximum atomic E-state index is 12.8. The Morgan fingerprint density at radius 1 is 1.14 bits per heavy atom. The summed E-state index contributed by atoms with van der Waals surface area (Å²) in [6, 6.07) is 3.40. The van der Waals surface area contributed by atoms with Crippen molar-refractivity contribution < 1.29 is 31.2 Å². The molecule has 154 valence electrons. The third-order valence-electron chi connectivity index (χ3n) is 4.48. The quantitative estimate of drug-likeness (QED) is 0.748. The van der Waals surface area contributed by atoms with E-state index in [1.54, 1.807) is 6.07 Å². The monoisotopic (exact) mass is 428 g/mol. The molecule has 1 aromatic heterocycles. The smallest absolute Gasteiger partial charge is 0.397 e. The Morgan fingerprint density at radius 3 is 2.31 bits per heavy atom. The number of aromatic nitrogens is 1. The predicted molar refractivity (Wildman–Crippen MR) is 96.2 cm³/mol. The first-order valence-corrected chi connectivity index (χ1v) is 9.68. The molecular formula is C17H15F3N4O4S. The number of urea groups is 1. The average Bonchev–Trinajstić information content (AvgIpc) is 2.86. The lowest BCUT2D eigenvalue weighted by Gasteiger charge is -2.20. The number of carbonyl (C=O) groups excluding carboxylic acids is 2. The Kier molecular flexibility index (Phi) is 4.99. The Balaban J connectivity index is 1.89. The van der Waals surface area contributed by atoms with Gasteiger partial charge in [0, 0.05) is 6.20 Å². The van der Waals surface area contributed by atoms with Gasteiger partial charge in [0.1, 0.15) is 6.04 Å². The number of nitrogen functional groups attached to an aromatic ring is 1. The highest BCUT2D eigenvalue weighted by Gasteiger charge is 2.47. The molecular weight excluding hydrogens is 413 g/mol. The average molecular weight is 428 g/mol. The fraction of sp³-hybridized carbons (Fsp3) is 0.235. The molecule has 1 aliphatic heterocycles. The predicted octanol–water partition coefficient (Wildman–Crippen LogP) is 2.31. The lowest BCUT2D eigenvalue weighted by atomic mass is 10.2. The zero-order valence-corrected chi connectivity index (χ0v) is 15.7. The highest BCUT2D eigenvalue weighted by molar-refractivity contribution is 7.92. The number of benzene rings is 1. The van der Waals surface area contributed by atoms with Gasteiger partial charge in [-0.1, -0.05) is 0 Å². The van der Waals surface area contributed by atoms with Crippen LogP contribution in [0.1, 0.15) is 12.5 Å². The van der Waals surface area contributed by atoms with E-state index in [0.29, 0.717) is 23.4 Å². The van der Waals surface area contributed by atoms with Crippen LogP contribution in [0.3, 0.4) is 0 Å². The first-order valence-electron chi connectivity index (χ1n) is 8.19. The van der Waals surface area contributed by atoms with Gasteiger partial charge >= 0.3 is 11.5 Å². The molecule has 1 aliphatic rings. The largest absolute Gasteiger partial charge is 0.501 e. The Bertz CT molecular complexity index is 1070. The maximum absolute atomic E-state index is 12.8. The molecule has 0 spiro atoms. The lowest BCUT2D eigenvalue weighted by molar-refractivity contribution is -0.119. The summed E-state index contributed by atoms with van der Waals surface area (Å²) < 4.78 is 60.9. The standard InChI is InChI=1S/C17H15F3N4O4S/c1-10-15(25)24(16(26)23(10)9-11-6-7-22-8-14(11)21)12-2-4-13(5-3-12)29(27,28)17(18,19)20/h2-8,10H,9,21H2,1H3. The minimum absolute atomic E-state index is 0.0249. The second-order valence-electron chi connectivity index (χ2n) is 6.28. The van der Waals surface area contributed by atoms with Crippen molar-refractivity contribution in [3.63, 3.8) is 0 Å². The summed E-state index contributed by atoms with van der Waals surface area (Å²) in [6.45, 7) is 1.53. The molecule has 29 heavy (non-hydrogen) atoms. The molecule has 0 aliphatic carbocycles. The van der Waals surface area contributed by atoms with E-state index in [0.717, 1.165) is 17.0 Å². The van der Waals surface area contributed by atoms with Gasteiger partial charge in [-0.3, -0.25) is 9.78 Å². The van der Waals surface area contributed by atoms with Gasteiger partial charge in [0.15, 0.2) is 0 Å². The van der Waals surface area contributed by atoms with Gasteiger partial charge in [0.2, 0.25) is 0 Å². The number of rotatable bonds is 4. The van der Waals surface area contributed by atoms with Gasteiger partial charge in [0.25, 0.3) is 15.7 Å². The third kappa shape index (κ3) is 3.50. The molecule has 2 N–H and O–H groups in total. The number of sulfone groups is 1. The van der Waals surface area contributed by atoms with Gasteiger partial charge in [-0.05, 0) is 42.8 Å². The number of pyridine rings is 1. The van der Waals surface area contributed by atoms with Crippen molar-refractivity contribution in [1.29, 1.82) is 0 Å². The molecule has 0 bridgehead atoms. The van der Waals surface area contributed by atoms with Crippen LogP contribution in [-0.4, -0.2) is 41.8 Å². The summed E-state index contributed by atoms with van der Waals surface area (Å²) in [7, 11) is -5.53. The van der Waals surface area contributed by atoms with Crippen molar-refractivity contribution >= 4 is 33.2 Å². The lowest BCUT2D eigenvalue weighted by Crippen LogP contribution is -2.33. The zero-order chi connectivity index (χ0) is 21.6. The van der Waals surface area contributed by atoms with E-state index in [-0.39, 0.29) is 12.2 Å². The summed E-state index contributed by atoms with van der Waals surface area (Å²) in [5, 5.41) is 0. The Hall–Kier alpha value is -3.15. The molecule has 12 heteroatoms. The van der Waals surface area contributed by atoms with Gasteiger partial charge in [-0.15, -0.1) is 0 Å². The highest BCUT2D eigenvalue weighted by Crippen LogP contribution is 2.33. The van der Waals surface area contributed by atoms with Crippen molar-refractivity contribution in [3.05, 3.63) is 48.3 Å². The van der Waals surface area contributed by atoms with Crippen LogP contribution in [-0.2, 0) is 21.2 Å². The number of imide groups is 1. The number of anilines is 2. The van der Waals surface area contributed by atoms with Crippen molar-refractivity contribution in [2.24, 2.45) is 0 Å². The second kappa shape index (κ2) is 7.03. The van der Waals surface area contributed by atoms with Crippen LogP contribution in [0.5, 0.6) is 0 Å². The second-order valence-corrected chi connectivity index (χ2v) is 8.22. The summed E-state index contributed by atoms with van der Waals surface area (Å²) in [4.78, 5) is 30.2. The molecule has 1 unspecified atom stereocenters. The Labute approximate surface area is 163 Å². The van der Waals surface area contributed by atoms with Crippen molar-refractivity contribution in [2.45, 2.75) is 29.9 Å². The number of nitrogens with two attached hydrogens (primary N) is 1. The molecule has 2 aromatic rings. The van der Waals surface area contributed by atoms with Gasteiger partial charge in [0.05, 0.1) is 29.0 Å². The van der Waals surface area contributed by atoms with Crippen molar-refractivity contribution in [3.8, 4) is 0 Å². The number of halogens is 3. The summed E-state index contributed by atoms with van der Waals surface area (Å²) >= 11 is 0. The highest BCUT2D eigenvalue weighted by atomic mass is 32.2. The van der Waals surface area contributed by atoms with E-state index in [1.807, 2.05) is 0 Å². The minimum atomic E-state index is -5.53. The normalized spacial score (nSPS) is 17.9. The summed E-state index contributed by atoms with van der Waals surface area (Å²) in [5.74, 6) is -0.603. The number of amides is 3. The molecule has 1 atom stereocenters. The van der Waals surface area contributed by atoms with Crippen molar-refractivity contribution in [2.75, 3.05) is 10.6 Å². The van der Waals surface area contributed by atoms with E-state index in [4.69, 9.17) is 5.73 Å². The number of carbonyl (C=O) groups is 2. The third-order valence-corrected chi connectivity index (χ3v) is 5.98. The minimum Gasteiger partial charge on any atom is -0.397 e. The van der Waals surface area contributed by atoms with Crippen LogP contribution in [0, 0.1) is 0 Å². The van der Waals surface area contributed by atoms with Crippen LogP contribution in [0.4, 0.5) is 29.3 Å². The molecule has 3 rings (SSSR count). The number of alkyl halides is 3. The zero-order valence-electron chi connectivity index (χ0n) is 14.9. The fourth-order valence-electron chi connectivity index (χ4n) is 2.82. The van der Waals surface area contributed by atoms with E-state index in [1.165, 1.54) is 24.2 Å². The first kappa shape index (κ1) is 20.6. The van der Waals surface area contributed by atoms with Gasteiger partial charge < -0.3 is 10.6 Å². The summed E-state index contributed by atoms with van der Waals surface area (Å²) in [6.07, 6.45) is 2.89. The topological polar surface area (TPSA) is 114 Å². The van der Waals surface area contributed by atoms with E-state index in [2.05, 4.69) is 4.98 Å². The van der Waals surface area contributed by atoms with Gasteiger partial charge in [-0.25, -0.2) is 18.1 Å². The molecule has 1 aromatic carbocycles. The molecule has 2 heterocycles. The number of hydrogen-bond acceptors (Lipinski definition) is 6. The molecule has 1 fully saturated rings. The van der Waals surface area contributed by atoms with E-state index in [9.17, 15) is 31.2 Å². The van der Waals surface area contributed by atoms with Crippen LogP contribution in [0.2, 0.25) is 0 Å². The van der Waals surface area contributed by atoms with Crippen LogP contribution in [0.15, 0.2) is 47.6 Å². The van der Waals surface area contributed by atoms with Crippen LogP contribution in [0.25, 0.3) is 0 Å². The molecule has 0 saturated carbocycles. The SMILES string of the molecule is CC1C(=O)N(c2ccc(S(=O)(=O)C(F)(F)F)cc2)C(=O)N1Cc1ccncc1N. The molecule has 1 saturated heterocycles. The number of hydrogen-bond donors (Lipinski definition) is 1. The first-order chi connectivity index (χ1) is 13.4. The Morgan fingerprint density at radius 2 is 1.76 bits per heavy atom. The van der Waals surface area contributed by atoms with Crippen LogP contribution >= 0.6 is 0 Å². The van der Waals surface area contributed by atoms with E-state index >= 15 is 0 Å². The summed E-state index contributed by atoms with van der Waals surface area (Å²) in [5.41, 5.74) is 1.22. The maximum Gasteiger partial charge on any atom is 0.501 e.